The van der Waals surface area contributed by atoms with Crippen LogP contribution in [0.25, 0.3) is 10.6 Å². The zero-order valence-corrected chi connectivity index (χ0v) is 17.5. The van der Waals surface area contributed by atoms with Crippen molar-refractivity contribution in [2.75, 3.05) is 5.32 Å². The van der Waals surface area contributed by atoms with Crippen LogP contribution in [0, 0.1) is 0 Å². The van der Waals surface area contributed by atoms with Gasteiger partial charge in [-0.25, -0.2) is 4.68 Å². The number of hydrogen-bond donors (Lipinski definition) is 2. The van der Waals surface area contributed by atoms with Crippen LogP contribution in [-0.4, -0.2) is 54.5 Å². The highest BCUT2D eigenvalue weighted by atomic mass is 32.1. The van der Waals surface area contributed by atoms with Crippen LogP contribution in [-0.2, 0) is 27.5 Å². The first kappa shape index (κ1) is 20.0. The highest BCUT2D eigenvalue weighted by molar-refractivity contribution is 7.13. The van der Waals surface area contributed by atoms with E-state index in [1.54, 1.807) is 36.1 Å². The number of amides is 4. The number of fused-ring (bicyclic) bond motifs is 1. The molecule has 162 valence electrons. The molecule has 0 bridgehead atoms. The van der Waals surface area contributed by atoms with Gasteiger partial charge in [-0.3, -0.25) is 29.5 Å². The molecular formula is C20H17N7O4S. The summed E-state index contributed by atoms with van der Waals surface area (Å²) in [6.07, 6.45) is 3.80. The van der Waals surface area contributed by atoms with Gasteiger partial charge in [0.25, 0.3) is 5.91 Å². The first-order valence-electron chi connectivity index (χ1n) is 9.85. The number of nitrogens with zero attached hydrogens (tertiary/aromatic N) is 5. The Kier molecular flexibility index (Phi) is 4.98. The van der Waals surface area contributed by atoms with E-state index in [0.717, 1.165) is 4.88 Å². The maximum absolute atomic E-state index is 12.9. The average Bonchev–Trinajstić information content (AvgIpc) is 3.50. The molecule has 4 amide bonds. The first-order valence-corrected chi connectivity index (χ1v) is 10.7. The third kappa shape index (κ3) is 3.64. The second kappa shape index (κ2) is 7.96. The highest BCUT2D eigenvalue weighted by Crippen LogP contribution is 2.32. The van der Waals surface area contributed by atoms with Crippen LogP contribution in [0.3, 0.4) is 0 Å². The van der Waals surface area contributed by atoms with Gasteiger partial charge in [0.15, 0.2) is 0 Å². The number of aromatic nitrogens is 4. The predicted octanol–water partition coefficient (Wildman–Crippen LogP) is 0.801. The first-order chi connectivity index (χ1) is 15.5. The summed E-state index contributed by atoms with van der Waals surface area (Å²) >= 11 is 1.43. The largest absolute Gasteiger partial charge is 0.324 e. The Balaban J connectivity index is 1.30. The van der Waals surface area contributed by atoms with E-state index in [0.29, 0.717) is 22.5 Å². The van der Waals surface area contributed by atoms with Crippen molar-refractivity contribution in [2.24, 2.45) is 0 Å². The van der Waals surface area contributed by atoms with Gasteiger partial charge in [0.2, 0.25) is 17.7 Å². The van der Waals surface area contributed by atoms with Crippen molar-refractivity contribution in [1.82, 2.24) is 30.2 Å². The molecule has 32 heavy (non-hydrogen) atoms. The van der Waals surface area contributed by atoms with Gasteiger partial charge in [0.1, 0.15) is 18.3 Å². The number of rotatable bonds is 5. The van der Waals surface area contributed by atoms with E-state index < -0.39 is 11.9 Å². The summed E-state index contributed by atoms with van der Waals surface area (Å²) in [5, 5.41) is 13.1. The van der Waals surface area contributed by atoms with Gasteiger partial charge >= 0.3 is 0 Å². The fraction of sp³-hybridized carbons (Fsp3) is 0.250. The monoisotopic (exact) mass is 451 g/mol. The fourth-order valence-electron chi connectivity index (χ4n) is 3.87. The third-order valence-corrected chi connectivity index (χ3v) is 6.18. The van der Waals surface area contributed by atoms with E-state index in [4.69, 9.17) is 0 Å². The quantitative estimate of drug-likeness (QED) is 0.547. The summed E-state index contributed by atoms with van der Waals surface area (Å²) in [5.41, 5.74) is 3.89. The zero-order valence-electron chi connectivity index (χ0n) is 16.6. The smallest absolute Gasteiger partial charge is 0.255 e. The van der Waals surface area contributed by atoms with Gasteiger partial charge < -0.3 is 10.2 Å². The molecule has 5 rings (SSSR count). The van der Waals surface area contributed by atoms with Crippen LogP contribution in [0.15, 0.2) is 36.1 Å². The number of carbonyl (C=O) groups excluding carboxylic acids is 4. The molecule has 1 aromatic carbocycles. The molecule has 3 aromatic rings. The summed E-state index contributed by atoms with van der Waals surface area (Å²) in [6.45, 7) is 0.121. The van der Waals surface area contributed by atoms with Gasteiger partial charge in [0, 0.05) is 36.0 Å². The van der Waals surface area contributed by atoms with E-state index >= 15 is 0 Å². The molecule has 0 radical (unpaired) electrons. The van der Waals surface area contributed by atoms with Crippen LogP contribution in [0.5, 0.6) is 0 Å². The van der Waals surface area contributed by atoms with Crippen LogP contribution >= 0.6 is 11.3 Å². The standard InChI is InChI=1S/C20H17N7O4S/c28-17-5-4-15(19(30)23-17)27-7-12-11(20(27)31)2-1-3-13(12)22-18(29)9-26-8-14(24-25-26)16-6-21-10-32-16/h1-3,6,8,10,15H,4-5,7,9H2,(H,22,29)(H,23,28,30). The molecule has 0 aliphatic carbocycles. The van der Waals surface area contributed by atoms with Gasteiger partial charge in [-0.1, -0.05) is 11.3 Å². The molecular weight excluding hydrogens is 434 g/mol. The number of imide groups is 1. The number of carbonyl (C=O) groups is 4. The highest BCUT2D eigenvalue weighted by Gasteiger charge is 2.39. The second-order valence-electron chi connectivity index (χ2n) is 7.45. The minimum Gasteiger partial charge on any atom is -0.324 e. The predicted molar refractivity (Wildman–Crippen MR) is 112 cm³/mol. The molecule has 11 nitrogen and oxygen atoms in total. The number of thiazole rings is 1. The van der Waals surface area contributed by atoms with Crippen LogP contribution in [0.1, 0.15) is 28.8 Å². The lowest BCUT2D eigenvalue weighted by atomic mass is 10.0. The lowest BCUT2D eigenvalue weighted by Gasteiger charge is -2.29. The molecule has 0 saturated carbocycles. The molecule has 1 atom stereocenters. The summed E-state index contributed by atoms with van der Waals surface area (Å²) in [5.74, 6) is -1.44. The molecule has 1 fully saturated rings. The SMILES string of the molecule is O=C1CCC(N2Cc3c(NC(=O)Cn4cc(-c5cncs5)nn4)cccc3C2=O)C(=O)N1. The Bertz CT molecular complexity index is 1240. The van der Waals surface area contributed by atoms with Gasteiger partial charge in [-0.15, -0.1) is 16.4 Å². The molecule has 2 aromatic heterocycles. The van der Waals surface area contributed by atoms with Crippen LogP contribution in [0.4, 0.5) is 5.69 Å². The molecule has 0 spiro atoms. The summed E-state index contributed by atoms with van der Waals surface area (Å²) in [7, 11) is 0. The van der Waals surface area contributed by atoms with Gasteiger partial charge in [-0.2, -0.15) is 0 Å². The number of piperidine rings is 1. The van der Waals surface area contributed by atoms with Crippen LogP contribution < -0.4 is 10.6 Å². The van der Waals surface area contributed by atoms with Crippen molar-refractivity contribution < 1.29 is 19.2 Å². The van der Waals surface area contributed by atoms with Crippen molar-refractivity contribution in [3.8, 4) is 10.6 Å². The normalized spacial score (nSPS) is 17.9. The third-order valence-electron chi connectivity index (χ3n) is 5.39. The van der Waals surface area contributed by atoms with E-state index in [-0.39, 0.29) is 43.7 Å². The minimum atomic E-state index is -0.712. The molecule has 2 N–H and O–H groups in total. The van der Waals surface area contributed by atoms with Crippen molar-refractivity contribution in [3.05, 3.63) is 47.2 Å². The van der Waals surface area contributed by atoms with E-state index in [1.807, 2.05) is 0 Å². The lowest BCUT2D eigenvalue weighted by Crippen LogP contribution is -2.52. The Morgan fingerprint density at radius 3 is 2.94 bits per heavy atom. The summed E-state index contributed by atoms with van der Waals surface area (Å²) < 4.78 is 1.42. The van der Waals surface area contributed by atoms with Gasteiger partial charge in [0.05, 0.1) is 16.6 Å². The van der Waals surface area contributed by atoms with Gasteiger partial charge in [-0.05, 0) is 18.6 Å². The fourth-order valence-corrected chi connectivity index (χ4v) is 4.44. The maximum Gasteiger partial charge on any atom is 0.255 e. The number of nitrogens with one attached hydrogen (secondary N) is 2. The molecule has 1 unspecified atom stereocenters. The molecule has 12 heteroatoms. The van der Waals surface area contributed by atoms with Crippen molar-refractivity contribution in [3.63, 3.8) is 0 Å². The number of benzene rings is 1. The van der Waals surface area contributed by atoms with Crippen molar-refractivity contribution >= 4 is 40.7 Å². The molecule has 2 aliphatic rings. The van der Waals surface area contributed by atoms with E-state index in [2.05, 4.69) is 25.9 Å². The van der Waals surface area contributed by atoms with E-state index in [1.165, 1.54) is 20.9 Å². The Labute approximate surface area is 185 Å². The lowest BCUT2D eigenvalue weighted by molar-refractivity contribution is -0.137. The molecule has 1 saturated heterocycles. The van der Waals surface area contributed by atoms with E-state index in [9.17, 15) is 19.2 Å². The zero-order chi connectivity index (χ0) is 22.2. The molecule has 4 heterocycles. The Morgan fingerprint density at radius 2 is 2.16 bits per heavy atom. The number of hydrogen-bond acceptors (Lipinski definition) is 8. The average molecular weight is 451 g/mol. The summed E-state index contributed by atoms with van der Waals surface area (Å²) in [6, 6.07) is 4.34. The van der Waals surface area contributed by atoms with Crippen molar-refractivity contribution in [1.29, 1.82) is 0 Å². The maximum atomic E-state index is 12.9. The second-order valence-corrected chi connectivity index (χ2v) is 8.33. The Morgan fingerprint density at radius 1 is 1.28 bits per heavy atom. The number of anilines is 1. The van der Waals surface area contributed by atoms with Crippen LogP contribution in [0.2, 0.25) is 0 Å². The summed E-state index contributed by atoms with van der Waals surface area (Å²) in [4.78, 5) is 55.5. The van der Waals surface area contributed by atoms with Crippen molar-refractivity contribution in [2.45, 2.75) is 32.0 Å². The molecule has 2 aliphatic heterocycles. The Hall–Kier alpha value is -3.93. The topological polar surface area (TPSA) is 139 Å². The minimum absolute atomic E-state index is 0.0553.